The third kappa shape index (κ3) is 2.22. The van der Waals surface area contributed by atoms with E-state index in [9.17, 15) is 0 Å². The molecular weight excluding hydrogens is 242 g/mol. The minimum absolute atomic E-state index is 0.474. The molecule has 0 aromatic carbocycles. The number of rotatable bonds is 2. The third-order valence-electron chi connectivity index (χ3n) is 4.48. The minimum Gasteiger partial charge on any atom is -0.298 e. The van der Waals surface area contributed by atoms with E-state index in [1.165, 1.54) is 37.5 Å². The Morgan fingerprint density at radius 2 is 2.28 bits per heavy atom. The second-order valence-electron chi connectivity index (χ2n) is 5.84. The highest BCUT2D eigenvalue weighted by Gasteiger charge is 2.36. The second kappa shape index (κ2) is 4.91. The number of thiazole rings is 1. The van der Waals surface area contributed by atoms with Gasteiger partial charge >= 0.3 is 0 Å². The number of nitrogens with zero attached hydrogens (tertiary/aromatic N) is 3. The van der Waals surface area contributed by atoms with Crippen molar-refractivity contribution in [2.75, 3.05) is 19.6 Å². The average molecular weight is 265 g/mol. The van der Waals surface area contributed by atoms with Gasteiger partial charge in [-0.1, -0.05) is 0 Å². The normalized spacial score (nSPS) is 31.5. The maximum absolute atomic E-state index is 4.67. The van der Waals surface area contributed by atoms with E-state index in [0.717, 1.165) is 11.7 Å². The van der Waals surface area contributed by atoms with Gasteiger partial charge in [-0.2, -0.15) is 0 Å². The highest BCUT2D eigenvalue weighted by atomic mass is 32.1. The number of fused-ring (bicyclic) bond motifs is 1. The molecule has 0 aliphatic carbocycles. The fraction of sp³-hybridized carbons (Fsp3) is 0.786. The largest absolute Gasteiger partial charge is 0.298 e. The first-order valence-electron chi connectivity index (χ1n) is 7.07. The molecule has 3 rings (SSSR count). The third-order valence-corrected chi connectivity index (χ3v) is 5.61. The topological polar surface area (TPSA) is 19.4 Å². The standard InChI is InChI=1S/C14H23N3S/c1-10-9-18-14(15-10)12(3)17-8-13-5-4-6-16(13)7-11(17)2/h9,11-13H,4-8H2,1-3H3. The Morgan fingerprint density at radius 3 is 3.00 bits per heavy atom. The van der Waals surface area contributed by atoms with Gasteiger partial charge in [0.15, 0.2) is 0 Å². The van der Waals surface area contributed by atoms with E-state index in [2.05, 4.69) is 40.9 Å². The zero-order chi connectivity index (χ0) is 12.7. The van der Waals surface area contributed by atoms with Crippen LogP contribution in [0, 0.1) is 6.92 Å². The minimum atomic E-state index is 0.474. The van der Waals surface area contributed by atoms with Gasteiger partial charge in [0.1, 0.15) is 5.01 Å². The zero-order valence-electron chi connectivity index (χ0n) is 11.6. The van der Waals surface area contributed by atoms with Crippen molar-refractivity contribution in [3.8, 4) is 0 Å². The summed E-state index contributed by atoms with van der Waals surface area (Å²) in [6, 6.07) is 1.92. The van der Waals surface area contributed by atoms with Crippen LogP contribution >= 0.6 is 11.3 Å². The van der Waals surface area contributed by atoms with Crippen molar-refractivity contribution in [3.05, 3.63) is 16.1 Å². The summed E-state index contributed by atoms with van der Waals surface area (Å²) >= 11 is 1.81. The molecule has 0 bridgehead atoms. The summed E-state index contributed by atoms with van der Waals surface area (Å²) in [6.45, 7) is 10.5. The van der Waals surface area contributed by atoms with Crippen molar-refractivity contribution in [3.63, 3.8) is 0 Å². The number of aryl methyl sites for hydroxylation is 1. The van der Waals surface area contributed by atoms with Crippen LogP contribution in [0.5, 0.6) is 0 Å². The van der Waals surface area contributed by atoms with Crippen LogP contribution in [0.25, 0.3) is 0 Å². The first-order valence-corrected chi connectivity index (χ1v) is 7.95. The summed E-state index contributed by atoms with van der Waals surface area (Å²) in [7, 11) is 0. The van der Waals surface area contributed by atoms with Crippen LogP contribution < -0.4 is 0 Å². The summed E-state index contributed by atoms with van der Waals surface area (Å²) in [6.07, 6.45) is 2.77. The van der Waals surface area contributed by atoms with Gasteiger partial charge in [0, 0.05) is 36.2 Å². The van der Waals surface area contributed by atoms with E-state index in [1.807, 2.05) is 11.3 Å². The molecule has 2 aliphatic heterocycles. The molecule has 3 unspecified atom stereocenters. The predicted octanol–water partition coefficient (Wildman–Crippen LogP) is 2.68. The zero-order valence-corrected chi connectivity index (χ0v) is 12.4. The van der Waals surface area contributed by atoms with Gasteiger partial charge in [-0.15, -0.1) is 11.3 Å². The summed E-state index contributed by atoms with van der Waals surface area (Å²) < 4.78 is 0. The lowest BCUT2D eigenvalue weighted by molar-refractivity contribution is 0.0325. The second-order valence-corrected chi connectivity index (χ2v) is 6.73. The van der Waals surface area contributed by atoms with E-state index in [4.69, 9.17) is 0 Å². The van der Waals surface area contributed by atoms with E-state index in [0.29, 0.717) is 12.1 Å². The van der Waals surface area contributed by atoms with Crippen molar-refractivity contribution in [1.29, 1.82) is 0 Å². The van der Waals surface area contributed by atoms with Gasteiger partial charge in [0.2, 0.25) is 0 Å². The molecule has 4 heteroatoms. The molecule has 2 saturated heterocycles. The Labute approximate surface area is 114 Å². The maximum atomic E-state index is 4.67. The molecule has 2 aliphatic rings. The van der Waals surface area contributed by atoms with Gasteiger partial charge in [-0.3, -0.25) is 9.80 Å². The molecule has 1 aromatic rings. The van der Waals surface area contributed by atoms with Crippen molar-refractivity contribution in [1.82, 2.24) is 14.8 Å². The quantitative estimate of drug-likeness (QED) is 0.819. The van der Waals surface area contributed by atoms with Gasteiger partial charge < -0.3 is 0 Å². The molecule has 0 saturated carbocycles. The van der Waals surface area contributed by atoms with Crippen LogP contribution in [-0.2, 0) is 0 Å². The van der Waals surface area contributed by atoms with Crippen molar-refractivity contribution in [2.45, 2.75) is 51.7 Å². The highest BCUT2D eigenvalue weighted by molar-refractivity contribution is 7.09. The molecule has 18 heavy (non-hydrogen) atoms. The van der Waals surface area contributed by atoms with Crippen molar-refractivity contribution < 1.29 is 0 Å². The smallest absolute Gasteiger partial charge is 0.110 e. The van der Waals surface area contributed by atoms with E-state index < -0.39 is 0 Å². The van der Waals surface area contributed by atoms with Crippen molar-refractivity contribution >= 4 is 11.3 Å². The van der Waals surface area contributed by atoms with Gasteiger partial charge in [-0.25, -0.2) is 4.98 Å². The molecule has 0 N–H and O–H groups in total. The Kier molecular flexibility index (Phi) is 3.43. The monoisotopic (exact) mass is 265 g/mol. The van der Waals surface area contributed by atoms with Crippen LogP contribution in [0.4, 0.5) is 0 Å². The fourth-order valence-corrected chi connectivity index (χ4v) is 4.33. The van der Waals surface area contributed by atoms with Crippen LogP contribution in [-0.4, -0.2) is 46.5 Å². The number of hydrogen-bond donors (Lipinski definition) is 0. The van der Waals surface area contributed by atoms with Gasteiger partial charge in [0.05, 0.1) is 6.04 Å². The molecular formula is C14H23N3S. The predicted molar refractivity (Wildman–Crippen MR) is 76.0 cm³/mol. The summed E-state index contributed by atoms with van der Waals surface area (Å²) in [5, 5.41) is 3.45. The number of hydrogen-bond acceptors (Lipinski definition) is 4. The molecule has 0 spiro atoms. The lowest BCUT2D eigenvalue weighted by Crippen LogP contribution is -2.55. The van der Waals surface area contributed by atoms with Crippen LogP contribution in [0.2, 0.25) is 0 Å². The highest BCUT2D eigenvalue weighted by Crippen LogP contribution is 2.32. The fourth-order valence-electron chi connectivity index (χ4n) is 3.46. The number of piperazine rings is 1. The summed E-state index contributed by atoms with van der Waals surface area (Å²) in [4.78, 5) is 10.0. The summed E-state index contributed by atoms with van der Waals surface area (Å²) in [5.74, 6) is 0. The molecule has 3 atom stereocenters. The molecule has 1 aromatic heterocycles. The van der Waals surface area contributed by atoms with Crippen molar-refractivity contribution in [2.24, 2.45) is 0 Å². The van der Waals surface area contributed by atoms with E-state index in [-0.39, 0.29) is 0 Å². The maximum Gasteiger partial charge on any atom is 0.110 e. The van der Waals surface area contributed by atoms with E-state index >= 15 is 0 Å². The summed E-state index contributed by atoms with van der Waals surface area (Å²) in [5.41, 5.74) is 1.16. The Morgan fingerprint density at radius 1 is 1.44 bits per heavy atom. The molecule has 3 nitrogen and oxygen atoms in total. The molecule has 0 amide bonds. The Hall–Kier alpha value is -0.450. The molecule has 3 heterocycles. The van der Waals surface area contributed by atoms with Gasteiger partial charge in [-0.05, 0) is 40.2 Å². The SMILES string of the molecule is Cc1csc(C(C)N2CC3CCCN3CC2C)n1. The van der Waals surface area contributed by atoms with Crippen LogP contribution in [0.3, 0.4) is 0 Å². The first kappa shape index (κ1) is 12.6. The lowest BCUT2D eigenvalue weighted by Gasteiger charge is -2.44. The lowest BCUT2D eigenvalue weighted by atomic mass is 10.1. The van der Waals surface area contributed by atoms with E-state index in [1.54, 1.807) is 0 Å². The van der Waals surface area contributed by atoms with Crippen LogP contribution in [0.15, 0.2) is 5.38 Å². The molecule has 2 fully saturated rings. The molecule has 0 radical (unpaired) electrons. The number of aromatic nitrogens is 1. The average Bonchev–Trinajstić information content (AvgIpc) is 2.95. The van der Waals surface area contributed by atoms with Crippen LogP contribution in [0.1, 0.15) is 43.4 Å². The first-order chi connectivity index (χ1) is 8.65. The Bertz CT molecular complexity index is 417. The Balaban J connectivity index is 1.74. The molecule has 100 valence electrons. The van der Waals surface area contributed by atoms with Gasteiger partial charge in [0.25, 0.3) is 0 Å².